The minimum absolute atomic E-state index is 0.00331. The van der Waals surface area contributed by atoms with Crippen LogP contribution in [0.15, 0.2) is 18.2 Å². The standard InChI is InChI=1S/C13H17F3/c1-9-5-10(8-12(2,3)4)7-11(6-9)13(14,15)16/h5-7H,8H2,1-4H3. The molecule has 1 aromatic carbocycles. The highest BCUT2D eigenvalue weighted by molar-refractivity contribution is 5.31. The lowest BCUT2D eigenvalue weighted by molar-refractivity contribution is -0.137. The van der Waals surface area contributed by atoms with Crippen LogP contribution in [0.2, 0.25) is 0 Å². The molecule has 1 rings (SSSR count). The molecule has 0 aliphatic heterocycles. The summed E-state index contributed by atoms with van der Waals surface area (Å²) in [5.74, 6) is 0. The third-order valence-electron chi connectivity index (χ3n) is 2.20. The third kappa shape index (κ3) is 3.87. The summed E-state index contributed by atoms with van der Waals surface area (Å²) in [6.07, 6.45) is -3.60. The highest BCUT2D eigenvalue weighted by atomic mass is 19.4. The van der Waals surface area contributed by atoms with Gasteiger partial charge in [0.2, 0.25) is 0 Å². The summed E-state index contributed by atoms with van der Waals surface area (Å²) in [6.45, 7) is 7.75. The predicted octanol–water partition coefficient (Wildman–Crippen LogP) is 4.60. The number of hydrogen-bond donors (Lipinski definition) is 0. The lowest BCUT2D eigenvalue weighted by Gasteiger charge is -2.19. The van der Waals surface area contributed by atoms with Crippen molar-refractivity contribution in [2.45, 2.75) is 40.3 Å². The van der Waals surface area contributed by atoms with Gasteiger partial charge < -0.3 is 0 Å². The van der Waals surface area contributed by atoms with Gasteiger partial charge in [0.25, 0.3) is 0 Å². The van der Waals surface area contributed by atoms with Crippen molar-refractivity contribution in [3.8, 4) is 0 Å². The molecule has 90 valence electrons. The molecule has 0 spiro atoms. The van der Waals surface area contributed by atoms with Crippen molar-refractivity contribution < 1.29 is 13.2 Å². The van der Waals surface area contributed by atoms with Crippen LogP contribution in [0.25, 0.3) is 0 Å². The van der Waals surface area contributed by atoms with E-state index >= 15 is 0 Å². The zero-order valence-electron chi connectivity index (χ0n) is 10.1. The fraction of sp³-hybridized carbons (Fsp3) is 0.538. The van der Waals surface area contributed by atoms with Gasteiger partial charge in [0.15, 0.2) is 0 Å². The van der Waals surface area contributed by atoms with Crippen LogP contribution in [0, 0.1) is 12.3 Å². The van der Waals surface area contributed by atoms with Gasteiger partial charge in [-0.05, 0) is 36.5 Å². The lowest BCUT2D eigenvalue weighted by atomic mass is 9.87. The molecule has 0 radical (unpaired) electrons. The molecule has 0 heterocycles. The maximum Gasteiger partial charge on any atom is 0.416 e. The molecule has 0 N–H and O–H groups in total. The highest BCUT2D eigenvalue weighted by Crippen LogP contribution is 2.32. The molecule has 0 atom stereocenters. The molecule has 0 aromatic heterocycles. The van der Waals surface area contributed by atoms with Gasteiger partial charge in [0.1, 0.15) is 0 Å². The first-order chi connectivity index (χ1) is 7.08. The zero-order valence-corrected chi connectivity index (χ0v) is 10.1. The summed E-state index contributed by atoms with van der Waals surface area (Å²) in [7, 11) is 0. The summed E-state index contributed by atoms with van der Waals surface area (Å²) in [5, 5.41) is 0. The second kappa shape index (κ2) is 4.11. The molecular weight excluding hydrogens is 213 g/mol. The van der Waals surface area contributed by atoms with Crippen LogP contribution in [0.5, 0.6) is 0 Å². The lowest BCUT2D eigenvalue weighted by Crippen LogP contribution is -2.11. The van der Waals surface area contributed by atoms with Crippen molar-refractivity contribution in [3.63, 3.8) is 0 Å². The molecular formula is C13H17F3. The van der Waals surface area contributed by atoms with Crippen LogP contribution in [0.3, 0.4) is 0 Å². The Morgan fingerprint density at radius 3 is 2.00 bits per heavy atom. The Labute approximate surface area is 94.5 Å². The van der Waals surface area contributed by atoms with Crippen LogP contribution in [0.1, 0.15) is 37.5 Å². The first-order valence-electron chi connectivity index (χ1n) is 5.26. The fourth-order valence-corrected chi connectivity index (χ4v) is 1.74. The van der Waals surface area contributed by atoms with E-state index in [9.17, 15) is 13.2 Å². The number of aryl methyl sites for hydroxylation is 1. The molecule has 0 bridgehead atoms. The highest BCUT2D eigenvalue weighted by Gasteiger charge is 2.31. The van der Waals surface area contributed by atoms with Crippen molar-refractivity contribution >= 4 is 0 Å². The molecule has 0 amide bonds. The fourth-order valence-electron chi connectivity index (χ4n) is 1.74. The number of halogens is 3. The Morgan fingerprint density at radius 1 is 1.00 bits per heavy atom. The van der Waals surface area contributed by atoms with Crippen LogP contribution in [-0.4, -0.2) is 0 Å². The van der Waals surface area contributed by atoms with E-state index in [4.69, 9.17) is 0 Å². The van der Waals surface area contributed by atoms with E-state index in [1.807, 2.05) is 26.8 Å². The van der Waals surface area contributed by atoms with Gasteiger partial charge in [-0.1, -0.05) is 32.4 Å². The van der Waals surface area contributed by atoms with Crippen LogP contribution in [0.4, 0.5) is 13.2 Å². The summed E-state index contributed by atoms with van der Waals surface area (Å²) in [5.41, 5.74) is 0.858. The summed E-state index contributed by atoms with van der Waals surface area (Å²) in [6, 6.07) is 4.25. The Balaban J connectivity index is 3.09. The van der Waals surface area contributed by atoms with E-state index in [0.29, 0.717) is 12.0 Å². The molecule has 0 aliphatic rings. The molecule has 0 saturated heterocycles. The molecule has 1 aromatic rings. The number of rotatable bonds is 1. The van der Waals surface area contributed by atoms with Crippen LogP contribution < -0.4 is 0 Å². The van der Waals surface area contributed by atoms with E-state index < -0.39 is 11.7 Å². The Kier molecular flexibility index (Phi) is 3.36. The van der Waals surface area contributed by atoms with E-state index in [2.05, 4.69) is 0 Å². The summed E-state index contributed by atoms with van der Waals surface area (Å²) < 4.78 is 37.7. The monoisotopic (exact) mass is 230 g/mol. The van der Waals surface area contributed by atoms with Crippen molar-refractivity contribution in [1.29, 1.82) is 0 Å². The van der Waals surface area contributed by atoms with Gasteiger partial charge >= 0.3 is 6.18 Å². The van der Waals surface area contributed by atoms with Gasteiger partial charge in [-0.15, -0.1) is 0 Å². The molecule has 0 aliphatic carbocycles. The largest absolute Gasteiger partial charge is 0.416 e. The minimum atomic E-state index is -4.25. The average Bonchev–Trinajstić information content (AvgIpc) is 1.97. The molecule has 3 heteroatoms. The van der Waals surface area contributed by atoms with Crippen molar-refractivity contribution in [1.82, 2.24) is 0 Å². The zero-order chi connectivity index (χ0) is 12.6. The van der Waals surface area contributed by atoms with E-state index in [1.54, 1.807) is 6.92 Å². The van der Waals surface area contributed by atoms with Gasteiger partial charge in [0, 0.05) is 0 Å². The molecule has 0 saturated carbocycles. The summed E-state index contributed by atoms with van der Waals surface area (Å²) in [4.78, 5) is 0. The Morgan fingerprint density at radius 2 is 1.56 bits per heavy atom. The smallest absolute Gasteiger partial charge is 0.166 e. The second-order valence-electron chi connectivity index (χ2n) is 5.44. The van der Waals surface area contributed by atoms with E-state index in [-0.39, 0.29) is 5.41 Å². The second-order valence-corrected chi connectivity index (χ2v) is 5.44. The van der Waals surface area contributed by atoms with Crippen LogP contribution >= 0.6 is 0 Å². The predicted molar refractivity (Wildman–Crippen MR) is 59.3 cm³/mol. The normalized spacial score (nSPS) is 12.9. The quantitative estimate of drug-likeness (QED) is 0.661. The Bertz CT molecular complexity index is 370. The molecule has 0 unspecified atom stereocenters. The maximum atomic E-state index is 12.6. The van der Waals surface area contributed by atoms with Gasteiger partial charge in [-0.2, -0.15) is 13.2 Å². The number of alkyl halides is 3. The Hall–Kier alpha value is -0.990. The number of benzene rings is 1. The first kappa shape index (κ1) is 13.1. The molecule has 16 heavy (non-hydrogen) atoms. The SMILES string of the molecule is Cc1cc(CC(C)(C)C)cc(C(F)(F)F)c1. The van der Waals surface area contributed by atoms with Crippen molar-refractivity contribution in [2.75, 3.05) is 0 Å². The molecule has 0 fully saturated rings. The van der Waals surface area contributed by atoms with Gasteiger partial charge in [0.05, 0.1) is 5.56 Å². The van der Waals surface area contributed by atoms with Crippen molar-refractivity contribution in [2.24, 2.45) is 5.41 Å². The summed E-state index contributed by atoms with van der Waals surface area (Å²) >= 11 is 0. The minimum Gasteiger partial charge on any atom is -0.166 e. The number of hydrogen-bond acceptors (Lipinski definition) is 0. The molecule has 0 nitrogen and oxygen atoms in total. The van der Waals surface area contributed by atoms with Gasteiger partial charge in [-0.25, -0.2) is 0 Å². The van der Waals surface area contributed by atoms with Crippen molar-refractivity contribution in [3.05, 3.63) is 34.9 Å². The topological polar surface area (TPSA) is 0 Å². The van der Waals surface area contributed by atoms with E-state index in [0.717, 1.165) is 5.56 Å². The van der Waals surface area contributed by atoms with Crippen LogP contribution in [-0.2, 0) is 12.6 Å². The van der Waals surface area contributed by atoms with Gasteiger partial charge in [-0.3, -0.25) is 0 Å². The van der Waals surface area contributed by atoms with E-state index in [1.165, 1.54) is 12.1 Å². The maximum absolute atomic E-state index is 12.6. The third-order valence-corrected chi connectivity index (χ3v) is 2.20. The first-order valence-corrected chi connectivity index (χ1v) is 5.26. The average molecular weight is 230 g/mol.